The molecule has 0 fully saturated rings. The highest BCUT2D eigenvalue weighted by Crippen LogP contribution is 2.29. The normalized spacial score (nSPS) is 11.1. The number of thiazole rings is 1. The van der Waals surface area contributed by atoms with Crippen LogP contribution >= 0.6 is 11.3 Å². The van der Waals surface area contributed by atoms with Gasteiger partial charge in [-0.25, -0.2) is 13.9 Å². The second-order valence-corrected chi connectivity index (χ2v) is 5.49. The van der Waals surface area contributed by atoms with Crippen LogP contribution in [0, 0.1) is 5.82 Å². The number of benzene rings is 1. The molecule has 96 valence electrons. The van der Waals surface area contributed by atoms with Crippen LogP contribution < -0.4 is 4.57 Å². The van der Waals surface area contributed by atoms with Gasteiger partial charge in [0.05, 0.1) is 10.2 Å². The first-order valence-corrected chi connectivity index (χ1v) is 7.13. The molecule has 2 aromatic heterocycles. The number of aromatic nitrogens is 2. The molecule has 0 radical (unpaired) electrons. The zero-order valence-electron chi connectivity index (χ0n) is 10.6. The lowest BCUT2D eigenvalue weighted by molar-refractivity contribution is -0.696. The summed E-state index contributed by atoms with van der Waals surface area (Å²) in [6.45, 7) is 3.17. The first-order valence-electron chi connectivity index (χ1n) is 6.32. The lowest BCUT2D eigenvalue weighted by atomic mass is 10.3. The molecule has 0 atom stereocenters. The zero-order valence-corrected chi connectivity index (χ0v) is 11.5. The Hall–Kier alpha value is -1.81. The summed E-state index contributed by atoms with van der Waals surface area (Å²) < 4.78 is 16.2. The SMILES string of the molecule is CCC[n+]1ccc(-c2nc3ccc(F)cc3s2)cc1. The van der Waals surface area contributed by atoms with E-state index in [4.69, 9.17) is 0 Å². The summed E-state index contributed by atoms with van der Waals surface area (Å²) in [5.41, 5.74) is 1.93. The zero-order chi connectivity index (χ0) is 13.2. The number of pyridine rings is 1. The van der Waals surface area contributed by atoms with Crippen molar-refractivity contribution < 1.29 is 8.96 Å². The lowest BCUT2D eigenvalue weighted by Crippen LogP contribution is -2.31. The number of rotatable bonds is 3. The van der Waals surface area contributed by atoms with Crippen molar-refractivity contribution in [3.63, 3.8) is 0 Å². The van der Waals surface area contributed by atoms with E-state index in [-0.39, 0.29) is 5.82 Å². The Kier molecular flexibility index (Phi) is 3.25. The van der Waals surface area contributed by atoms with Crippen molar-refractivity contribution in [1.82, 2.24) is 4.98 Å². The molecule has 0 bridgehead atoms. The Balaban J connectivity index is 1.99. The molecule has 0 spiro atoms. The first-order chi connectivity index (χ1) is 9.26. The molecule has 2 nitrogen and oxygen atoms in total. The summed E-state index contributed by atoms with van der Waals surface area (Å²) >= 11 is 1.52. The van der Waals surface area contributed by atoms with E-state index in [0.29, 0.717) is 0 Å². The molecule has 0 unspecified atom stereocenters. The Labute approximate surface area is 115 Å². The molecule has 3 rings (SSSR count). The first kappa shape index (κ1) is 12.2. The predicted octanol–water partition coefficient (Wildman–Crippen LogP) is 3.80. The van der Waals surface area contributed by atoms with E-state index < -0.39 is 0 Å². The van der Waals surface area contributed by atoms with Gasteiger partial charge in [0.25, 0.3) is 0 Å². The van der Waals surface area contributed by atoms with Crippen LogP contribution in [0.25, 0.3) is 20.8 Å². The number of hydrogen-bond acceptors (Lipinski definition) is 2. The Morgan fingerprint density at radius 2 is 2.00 bits per heavy atom. The molecular formula is C15H14FN2S+. The molecular weight excluding hydrogens is 259 g/mol. The molecule has 1 aromatic carbocycles. The van der Waals surface area contributed by atoms with Crippen molar-refractivity contribution in [2.24, 2.45) is 0 Å². The van der Waals surface area contributed by atoms with Crippen LogP contribution in [0.1, 0.15) is 13.3 Å². The summed E-state index contributed by atoms with van der Waals surface area (Å²) in [5, 5.41) is 0.934. The highest BCUT2D eigenvalue weighted by Gasteiger charge is 2.08. The van der Waals surface area contributed by atoms with Crippen LogP contribution in [0.5, 0.6) is 0 Å². The third kappa shape index (κ3) is 2.49. The van der Waals surface area contributed by atoms with Crippen LogP contribution in [0.15, 0.2) is 42.7 Å². The number of hydrogen-bond donors (Lipinski definition) is 0. The van der Waals surface area contributed by atoms with Crippen LogP contribution in [-0.2, 0) is 6.54 Å². The van der Waals surface area contributed by atoms with Gasteiger partial charge in [-0.15, -0.1) is 11.3 Å². The fourth-order valence-corrected chi connectivity index (χ4v) is 3.03. The average molecular weight is 273 g/mol. The van der Waals surface area contributed by atoms with Gasteiger partial charge in [0.2, 0.25) is 0 Å². The minimum atomic E-state index is -0.212. The third-order valence-corrected chi connectivity index (χ3v) is 4.04. The second-order valence-electron chi connectivity index (χ2n) is 4.46. The lowest BCUT2D eigenvalue weighted by Gasteiger charge is -1.95. The van der Waals surface area contributed by atoms with E-state index in [1.54, 1.807) is 6.07 Å². The molecule has 0 aliphatic heterocycles. The number of halogens is 1. The molecule has 0 aliphatic rings. The quantitative estimate of drug-likeness (QED) is 0.663. The molecule has 4 heteroatoms. The molecule has 0 N–H and O–H groups in total. The van der Waals surface area contributed by atoms with Crippen molar-refractivity contribution in [2.45, 2.75) is 19.9 Å². The minimum Gasteiger partial charge on any atom is -0.236 e. The topological polar surface area (TPSA) is 16.8 Å². The van der Waals surface area contributed by atoms with Gasteiger partial charge in [-0.3, -0.25) is 0 Å². The minimum absolute atomic E-state index is 0.212. The fraction of sp³-hybridized carbons (Fsp3) is 0.200. The highest BCUT2D eigenvalue weighted by atomic mass is 32.1. The molecule has 0 saturated carbocycles. The van der Waals surface area contributed by atoms with E-state index in [1.807, 2.05) is 0 Å². The summed E-state index contributed by atoms with van der Waals surface area (Å²) in [5.74, 6) is -0.212. The van der Waals surface area contributed by atoms with Crippen LogP contribution in [0.4, 0.5) is 4.39 Å². The van der Waals surface area contributed by atoms with E-state index in [9.17, 15) is 4.39 Å². The van der Waals surface area contributed by atoms with Gasteiger partial charge in [0.15, 0.2) is 12.4 Å². The van der Waals surface area contributed by atoms with Gasteiger partial charge in [-0.1, -0.05) is 6.92 Å². The maximum absolute atomic E-state index is 13.2. The van der Waals surface area contributed by atoms with E-state index in [2.05, 4.69) is 41.0 Å². The summed E-state index contributed by atoms with van der Waals surface area (Å²) in [7, 11) is 0. The van der Waals surface area contributed by atoms with E-state index in [1.165, 1.54) is 23.5 Å². The molecule has 2 heterocycles. The van der Waals surface area contributed by atoms with Gasteiger partial charge in [-0.05, 0) is 18.2 Å². The highest BCUT2D eigenvalue weighted by molar-refractivity contribution is 7.21. The van der Waals surface area contributed by atoms with Crippen LogP contribution in [0.3, 0.4) is 0 Å². The smallest absolute Gasteiger partial charge is 0.169 e. The van der Waals surface area contributed by atoms with Gasteiger partial charge in [0.1, 0.15) is 17.4 Å². The summed E-state index contributed by atoms with van der Waals surface area (Å²) in [6.07, 6.45) is 5.24. The summed E-state index contributed by atoms with van der Waals surface area (Å²) in [4.78, 5) is 4.54. The van der Waals surface area contributed by atoms with E-state index in [0.717, 1.165) is 33.8 Å². The Bertz CT molecular complexity index is 704. The number of aryl methyl sites for hydroxylation is 1. The molecule has 0 saturated heterocycles. The average Bonchev–Trinajstić information content (AvgIpc) is 2.83. The molecule has 19 heavy (non-hydrogen) atoms. The largest absolute Gasteiger partial charge is 0.236 e. The number of fused-ring (bicyclic) bond motifs is 1. The predicted molar refractivity (Wildman–Crippen MR) is 75.5 cm³/mol. The summed E-state index contributed by atoms with van der Waals surface area (Å²) in [6, 6.07) is 8.83. The maximum atomic E-state index is 13.2. The van der Waals surface area contributed by atoms with E-state index >= 15 is 0 Å². The maximum Gasteiger partial charge on any atom is 0.169 e. The third-order valence-electron chi connectivity index (χ3n) is 2.97. The fourth-order valence-electron chi connectivity index (χ4n) is 2.03. The number of nitrogens with zero attached hydrogens (tertiary/aromatic N) is 2. The van der Waals surface area contributed by atoms with Crippen molar-refractivity contribution >= 4 is 21.6 Å². The molecule has 3 aromatic rings. The van der Waals surface area contributed by atoms with Gasteiger partial charge >= 0.3 is 0 Å². The molecule has 0 amide bonds. The van der Waals surface area contributed by atoms with Gasteiger partial charge in [0, 0.05) is 24.1 Å². The standard InChI is InChI=1S/C15H14FN2S/c1-2-7-18-8-5-11(6-9-18)15-17-13-4-3-12(16)10-14(13)19-15/h3-6,8-10H,2,7H2,1H3/q+1. The van der Waals surface area contributed by atoms with Crippen molar-refractivity contribution in [3.8, 4) is 10.6 Å². The van der Waals surface area contributed by atoms with Gasteiger partial charge < -0.3 is 0 Å². The Morgan fingerprint density at radius 1 is 1.21 bits per heavy atom. The van der Waals surface area contributed by atoms with Crippen LogP contribution in [-0.4, -0.2) is 4.98 Å². The molecule has 0 aliphatic carbocycles. The monoisotopic (exact) mass is 273 g/mol. The second kappa shape index (κ2) is 5.05. The van der Waals surface area contributed by atoms with Crippen molar-refractivity contribution in [3.05, 3.63) is 48.5 Å². The van der Waals surface area contributed by atoms with Crippen molar-refractivity contribution in [1.29, 1.82) is 0 Å². The van der Waals surface area contributed by atoms with Gasteiger partial charge in [-0.2, -0.15) is 0 Å². The van der Waals surface area contributed by atoms with Crippen LogP contribution in [0.2, 0.25) is 0 Å². The van der Waals surface area contributed by atoms with Crippen molar-refractivity contribution in [2.75, 3.05) is 0 Å². The Morgan fingerprint density at radius 3 is 2.74 bits per heavy atom.